The van der Waals surface area contributed by atoms with E-state index in [0.717, 1.165) is 47.2 Å². The molecule has 5 N–H and O–H groups in total. The Kier molecular flexibility index (Phi) is 14.3. The van der Waals surface area contributed by atoms with Gasteiger partial charge in [0.05, 0.1) is 18.5 Å². The summed E-state index contributed by atoms with van der Waals surface area (Å²) in [5.41, 5.74) is 2.28. The fourth-order valence-electron chi connectivity index (χ4n) is 8.58. The number of ether oxygens (including phenoxy) is 1. The summed E-state index contributed by atoms with van der Waals surface area (Å²) in [6.45, 7) is 1.23. The quantitative estimate of drug-likeness (QED) is 0.0880. The molecule has 0 bridgehead atoms. The molecule has 2 aliphatic carbocycles. The summed E-state index contributed by atoms with van der Waals surface area (Å²) in [6.07, 6.45) is 11.9. The first-order valence-electron chi connectivity index (χ1n) is 21.4. The van der Waals surface area contributed by atoms with E-state index in [9.17, 15) is 24.3 Å². The number of phenols is 1. The van der Waals surface area contributed by atoms with E-state index >= 15 is 0 Å². The molecule has 2 fully saturated rings. The molecule has 6 aromatic rings. The lowest BCUT2D eigenvalue weighted by Gasteiger charge is -2.22. The molecule has 6 aromatic carbocycles. The van der Waals surface area contributed by atoms with Gasteiger partial charge in [-0.15, -0.1) is 0 Å². The lowest BCUT2D eigenvalue weighted by molar-refractivity contribution is 0.0932. The number of aromatic hydroxyl groups is 1. The molecule has 0 atom stereocenters. The van der Waals surface area contributed by atoms with Gasteiger partial charge in [-0.25, -0.2) is 0 Å². The largest absolute Gasteiger partial charge is 0.507 e. The van der Waals surface area contributed by atoms with Crippen molar-refractivity contribution in [3.63, 3.8) is 0 Å². The van der Waals surface area contributed by atoms with Gasteiger partial charge in [-0.1, -0.05) is 123 Å². The van der Waals surface area contributed by atoms with Gasteiger partial charge in [0.2, 0.25) is 0 Å². The van der Waals surface area contributed by atoms with E-state index in [4.69, 9.17) is 4.74 Å². The van der Waals surface area contributed by atoms with Crippen LogP contribution in [0.5, 0.6) is 11.5 Å². The second kappa shape index (κ2) is 20.5. The summed E-state index contributed by atoms with van der Waals surface area (Å²) in [4.78, 5) is 52.0. The second-order valence-corrected chi connectivity index (χ2v) is 16.0. The summed E-state index contributed by atoms with van der Waals surface area (Å²) in [5, 5.41) is 25.8. The van der Waals surface area contributed by atoms with Crippen LogP contribution in [0.25, 0.3) is 21.5 Å². The Morgan fingerprint density at radius 2 is 0.934 bits per heavy atom. The van der Waals surface area contributed by atoms with Crippen molar-refractivity contribution in [3.05, 3.63) is 144 Å². The second-order valence-electron chi connectivity index (χ2n) is 16.0. The van der Waals surface area contributed by atoms with Crippen molar-refractivity contribution < 1.29 is 29.0 Å². The maximum Gasteiger partial charge on any atom is 0.257 e. The van der Waals surface area contributed by atoms with Crippen molar-refractivity contribution in [1.29, 1.82) is 0 Å². The van der Waals surface area contributed by atoms with Crippen LogP contribution in [0.15, 0.2) is 121 Å². The maximum atomic E-state index is 13.1. The predicted molar refractivity (Wildman–Crippen MR) is 243 cm³/mol. The molecule has 0 heterocycles. The SMILES string of the molecule is COc1cccc(NC(=O)c2cccc3ccccc23)c1C(=O)NCC1CCCCC1.O=C(NCC1CCCCC1)c1c(O)cccc1NC(=O)c1cccc2ccccc12. The molecule has 0 saturated heterocycles. The van der Waals surface area contributed by atoms with Crippen LogP contribution in [0, 0.1) is 11.8 Å². The molecular formula is C51H54N4O6. The number of hydrogen-bond donors (Lipinski definition) is 5. The van der Waals surface area contributed by atoms with E-state index in [0.29, 0.717) is 58.7 Å². The number of hydrogen-bond acceptors (Lipinski definition) is 6. The summed E-state index contributed by atoms with van der Waals surface area (Å²) in [6, 6.07) is 36.5. The van der Waals surface area contributed by atoms with Crippen molar-refractivity contribution in [2.45, 2.75) is 64.2 Å². The van der Waals surface area contributed by atoms with Crippen LogP contribution >= 0.6 is 0 Å². The summed E-state index contributed by atoms with van der Waals surface area (Å²) in [7, 11) is 1.53. The van der Waals surface area contributed by atoms with Gasteiger partial charge < -0.3 is 31.1 Å². The van der Waals surface area contributed by atoms with Gasteiger partial charge in [-0.05, 0) is 95.5 Å². The number of anilines is 2. The Bertz CT molecular complexity index is 2490. The third-order valence-corrected chi connectivity index (χ3v) is 11.9. The molecule has 4 amide bonds. The van der Waals surface area contributed by atoms with Gasteiger partial charge in [0, 0.05) is 24.2 Å². The molecule has 10 heteroatoms. The van der Waals surface area contributed by atoms with E-state index in [2.05, 4.69) is 21.3 Å². The Morgan fingerprint density at radius 3 is 1.44 bits per heavy atom. The number of nitrogens with one attached hydrogen (secondary N) is 4. The number of carbonyl (C=O) groups is 4. The number of rotatable bonds is 11. The summed E-state index contributed by atoms with van der Waals surface area (Å²) >= 11 is 0. The minimum absolute atomic E-state index is 0.0990. The molecule has 2 aliphatic rings. The number of phenolic OH excluding ortho intramolecular Hbond substituents is 1. The van der Waals surface area contributed by atoms with Gasteiger partial charge in [0.15, 0.2) is 0 Å². The van der Waals surface area contributed by atoms with E-state index < -0.39 is 0 Å². The highest BCUT2D eigenvalue weighted by Gasteiger charge is 2.23. The van der Waals surface area contributed by atoms with Crippen LogP contribution in [0.3, 0.4) is 0 Å². The first-order chi connectivity index (χ1) is 29.8. The topological polar surface area (TPSA) is 146 Å². The van der Waals surface area contributed by atoms with Crippen molar-refractivity contribution >= 4 is 56.5 Å². The normalized spacial score (nSPS) is 14.3. The zero-order valence-corrected chi connectivity index (χ0v) is 34.7. The number of methoxy groups -OCH3 is 1. The molecule has 0 spiro atoms. The summed E-state index contributed by atoms with van der Waals surface area (Å²) < 4.78 is 5.44. The zero-order valence-electron chi connectivity index (χ0n) is 34.7. The number of benzene rings is 6. The van der Waals surface area contributed by atoms with E-state index in [1.807, 2.05) is 72.8 Å². The molecule has 314 valence electrons. The molecule has 0 aromatic heterocycles. The first-order valence-corrected chi connectivity index (χ1v) is 21.4. The fourth-order valence-corrected chi connectivity index (χ4v) is 8.58. The van der Waals surface area contributed by atoms with E-state index in [-0.39, 0.29) is 34.9 Å². The van der Waals surface area contributed by atoms with Gasteiger partial charge in [0.25, 0.3) is 23.6 Å². The van der Waals surface area contributed by atoms with Crippen LogP contribution in [-0.4, -0.2) is 48.9 Å². The van der Waals surface area contributed by atoms with Gasteiger partial charge in [-0.3, -0.25) is 19.2 Å². The van der Waals surface area contributed by atoms with Crippen molar-refractivity contribution in [2.75, 3.05) is 30.8 Å². The minimum Gasteiger partial charge on any atom is -0.507 e. The first kappa shape index (κ1) is 42.4. The molecule has 8 rings (SSSR count). The van der Waals surface area contributed by atoms with Gasteiger partial charge in [0.1, 0.15) is 22.6 Å². The molecule has 2 saturated carbocycles. The average Bonchev–Trinajstić information content (AvgIpc) is 3.30. The lowest BCUT2D eigenvalue weighted by Crippen LogP contribution is -2.31. The van der Waals surface area contributed by atoms with Crippen LogP contribution in [0.4, 0.5) is 11.4 Å². The van der Waals surface area contributed by atoms with E-state index in [1.165, 1.54) is 51.7 Å². The lowest BCUT2D eigenvalue weighted by atomic mass is 9.89. The number of fused-ring (bicyclic) bond motifs is 2. The predicted octanol–water partition coefficient (Wildman–Crippen LogP) is 10.5. The van der Waals surface area contributed by atoms with Crippen LogP contribution in [0.2, 0.25) is 0 Å². The van der Waals surface area contributed by atoms with Crippen molar-refractivity contribution in [1.82, 2.24) is 10.6 Å². The van der Waals surface area contributed by atoms with Crippen LogP contribution < -0.4 is 26.0 Å². The molecule has 0 aliphatic heterocycles. The average molecular weight is 819 g/mol. The molecule has 0 unspecified atom stereocenters. The third-order valence-electron chi connectivity index (χ3n) is 11.9. The van der Waals surface area contributed by atoms with Crippen LogP contribution in [-0.2, 0) is 0 Å². The molecular weight excluding hydrogens is 765 g/mol. The standard InChI is InChI=1S/C26H28N2O3.C25H26N2O3/c1-31-23-16-8-15-22(24(23)26(30)27-17-18-9-3-2-4-10-18)28-25(29)21-14-7-12-19-11-5-6-13-20(19)21;28-22-15-7-14-21(23(22)25(30)26-16-17-8-2-1-3-9-17)27-24(29)20-13-6-11-18-10-4-5-12-19(18)20/h5-8,11-16,18H,2-4,9-10,17H2,1H3,(H,27,30)(H,28,29);4-7,10-15,17,28H,1-3,8-9,16H2,(H,26,30)(H,27,29). The van der Waals surface area contributed by atoms with Crippen LogP contribution in [0.1, 0.15) is 106 Å². The molecule has 61 heavy (non-hydrogen) atoms. The minimum atomic E-state index is -0.369. The zero-order chi connectivity index (χ0) is 42.6. The molecule has 10 nitrogen and oxygen atoms in total. The number of amides is 4. The van der Waals surface area contributed by atoms with E-state index in [1.54, 1.807) is 42.5 Å². The maximum absolute atomic E-state index is 13.1. The van der Waals surface area contributed by atoms with Gasteiger partial charge >= 0.3 is 0 Å². The molecule has 0 radical (unpaired) electrons. The van der Waals surface area contributed by atoms with Crippen molar-refractivity contribution in [3.8, 4) is 11.5 Å². The Hall–Kier alpha value is -6.68. The third kappa shape index (κ3) is 10.6. The van der Waals surface area contributed by atoms with Crippen molar-refractivity contribution in [2.24, 2.45) is 11.8 Å². The monoisotopic (exact) mass is 818 g/mol. The Labute approximate surface area is 357 Å². The fraction of sp³-hybridized carbons (Fsp3) is 0.294. The van der Waals surface area contributed by atoms with Gasteiger partial charge in [-0.2, -0.15) is 0 Å². The number of carbonyl (C=O) groups excluding carboxylic acids is 4. The summed E-state index contributed by atoms with van der Waals surface area (Å²) in [5.74, 6) is 0.111. The highest BCUT2D eigenvalue weighted by molar-refractivity contribution is 6.16. The Balaban J connectivity index is 0.000000184. The Morgan fingerprint density at radius 1 is 0.508 bits per heavy atom. The smallest absolute Gasteiger partial charge is 0.257 e. The highest BCUT2D eigenvalue weighted by atomic mass is 16.5. The highest BCUT2D eigenvalue weighted by Crippen LogP contribution is 2.31.